The van der Waals surface area contributed by atoms with Gasteiger partial charge in [0.25, 0.3) is 0 Å². The molecule has 7 nitrogen and oxygen atoms in total. The molecule has 0 aromatic heterocycles. The number of anilines is 1. The Bertz CT molecular complexity index is 1300. The number of carbonyl (C=O) groups excluding carboxylic acids is 2. The molecule has 5 atom stereocenters. The van der Waals surface area contributed by atoms with Crippen molar-refractivity contribution in [3.05, 3.63) is 29.3 Å². The fourth-order valence-electron chi connectivity index (χ4n) is 6.83. The Morgan fingerprint density at radius 2 is 1.49 bits per heavy atom. The number of morpholine rings is 1. The average molecular weight is 672 g/mol. The molecule has 250 valence electrons. The number of unbranched alkanes of at least 4 members (excludes halogenated alkanes) is 3. The number of amides is 2. The van der Waals surface area contributed by atoms with Gasteiger partial charge in [-0.2, -0.15) is 40.4 Å². The molecule has 1 aromatic rings. The van der Waals surface area contributed by atoms with Gasteiger partial charge in [-0.3, -0.25) is 14.5 Å². The molecule has 0 saturated carbocycles. The topological polar surface area (TPSA) is 96.7 Å². The molecule has 16 heteroatoms. The van der Waals surface area contributed by atoms with Crippen LogP contribution in [0.15, 0.2) is 18.2 Å². The Kier molecular flexibility index (Phi) is 9.91. The number of halogens is 8. The van der Waals surface area contributed by atoms with E-state index in [1.807, 2.05) is 0 Å². The van der Waals surface area contributed by atoms with Crippen LogP contribution in [0.25, 0.3) is 0 Å². The van der Waals surface area contributed by atoms with Crippen molar-refractivity contribution in [3.8, 4) is 6.07 Å². The van der Waals surface area contributed by atoms with Crippen molar-refractivity contribution >= 4 is 28.7 Å². The predicted molar refractivity (Wildman–Crippen MR) is 147 cm³/mol. The molecule has 2 bridgehead atoms. The minimum atomic E-state index is -5.62. The molecule has 3 saturated heterocycles. The number of ether oxygens (including phenoxy) is 1. The normalized spacial score (nSPS) is 28.0. The first-order valence-electron chi connectivity index (χ1n) is 14.5. The van der Waals surface area contributed by atoms with E-state index in [0.29, 0.717) is 51.4 Å². The standard InChI is InChI=1S/C29H33F8N3O4S/c1-25-16-39(11-5-3-4-6-12-45(43)13-7-10-27(30,31)29(35,36)37)17-26(2,44-25)22-21(25)23(41)40(24(22)42)19-9-8-18(15-38)20(14-19)28(32,33)34/h8-9,14,21-22H,3-7,10-13,16-17H2,1-2H3/t21-,22+,25+,26-,45?. The smallest absolute Gasteiger partial charge is 0.453 e. The van der Waals surface area contributed by atoms with Gasteiger partial charge in [0.1, 0.15) is 11.5 Å². The highest BCUT2D eigenvalue weighted by atomic mass is 32.2. The fraction of sp³-hybridized carbons (Fsp3) is 0.690. The highest BCUT2D eigenvalue weighted by Gasteiger charge is 2.71. The van der Waals surface area contributed by atoms with Crippen molar-refractivity contribution in [1.29, 1.82) is 5.26 Å². The number of likely N-dealkylation sites (tertiary alicyclic amines) is 1. The van der Waals surface area contributed by atoms with Crippen LogP contribution in [0.1, 0.15) is 63.5 Å². The number of nitrogens with zero attached hydrogens (tertiary/aromatic N) is 3. The third kappa shape index (κ3) is 7.11. The van der Waals surface area contributed by atoms with Gasteiger partial charge >= 0.3 is 18.3 Å². The summed E-state index contributed by atoms with van der Waals surface area (Å²) in [6.45, 7) is 4.59. The number of hydrogen-bond acceptors (Lipinski definition) is 6. The number of fused-ring (bicyclic) bond motifs is 5. The molecule has 2 amide bonds. The number of rotatable bonds is 12. The number of alkyl halides is 8. The van der Waals surface area contributed by atoms with E-state index in [2.05, 4.69) is 4.90 Å². The maximum atomic E-state index is 13.6. The van der Waals surface area contributed by atoms with E-state index in [9.17, 15) is 49.3 Å². The largest absolute Gasteiger partial charge is 0.616 e. The summed E-state index contributed by atoms with van der Waals surface area (Å²) in [4.78, 5) is 30.0. The van der Waals surface area contributed by atoms with Crippen molar-refractivity contribution < 1.29 is 54.0 Å². The van der Waals surface area contributed by atoms with Gasteiger partial charge < -0.3 is 9.29 Å². The summed E-state index contributed by atoms with van der Waals surface area (Å²) in [6, 6.07) is 4.21. The second kappa shape index (κ2) is 12.6. The number of hydrogen-bond donors (Lipinski definition) is 0. The lowest BCUT2D eigenvalue weighted by Gasteiger charge is -2.45. The van der Waals surface area contributed by atoms with Crippen LogP contribution in [0.3, 0.4) is 0 Å². The first-order chi connectivity index (χ1) is 20.7. The third-order valence-corrected chi connectivity index (χ3v) is 10.2. The van der Waals surface area contributed by atoms with Crippen LogP contribution in [-0.2, 0) is 31.7 Å². The third-order valence-electron chi connectivity index (χ3n) is 8.72. The van der Waals surface area contributed by atoms with Crippen LogP contribution in [0.2, 0.25) is 0 Å². The zero-order valence-electron chi connectivity index (χ0n) is 24.6. The van der Waals surface area contributed by atoms with Crippen molar-refractivity contribution in [2.75, 3.05) is 36.0 Å². The lowest BCUT2D eigenvalue weighted by Crippen LogP contribution is -2.58. The van der Waals surface area contributed by atoms with Crippen molar-refractivity contribution in [3.63, 3.8) is 0 Å². The SMILES string of the molecule is C[C@]12CN(CCCCCC[S+]([O-])CCCC(F)(F)C(F)(F)F)C[C@](C)(O1)[C@H]1C(=O)N(c3ccc(C#N)c(C(F)(F)F)c3)C(=O)[C@H]12. The molecule has 4 rings (SSSR count). The Hall–Kier alpha value is -2.48. The van der Waals surface area contributed by atoms with Gasteiger partial charge in [-0.15, -0.1) is 0 Å². The number of carbonyl (C=O) groups is 2. The van der Waals surface area contributed by atoms with Gasteiger partial charge in [-0.1, -0.05) is 17.6 Å². The number of nitriles is 1. The van der Waals surface area contributed by atoms with Crippen molar-refractivity contribution in [2.45, 2.75) is 81.8 Å². The van der Waals surface area contributed by atoms with E-state index in [-0.39, 0.29) is 17.2 Å². The molecule has 3 heterocycles. The van der Waals surface area contributed by atoms with Crippen molar-refractivity contribution in [1.82, 2.24) is 4.90 Å². The molecular formula is C29H33F8N3O4S. The predicted octanol–water partition coefficient (Wildman–Crippen LogP) is 5.83. The summed E-state index contributed by atoms with van der Waals surface area (Å²) in [6.07, 6.45) is -9.80. The maximum Gasteiger partial charge on any atom is 0.453 e. The molecule has 3 aliphatic heterocycles. The summed E-state index contributed by atoms with van der Waals surface area (Å²) in [5.74, 6) is -8.00. The monoisotopic (exact) mass is 671 g/mol. The summed E-state index contributed by atoms with van der Waals surface area (Å²) < 4.78 is 122. The summed E-state index contributed by atoms with van der Waals surface area (Å²) >= 11 is -1.50. The van der Waals surface area contributed by atoms with Crippen LogP contribution in [0, 0.1) is 23.2 Å². The van der Waals surface area contributed by atoms with Crippen LogP contribution < -0.4 is 4.90 Å². The Morgan fingerprint density at radius 3 is 2.02 bits per heavy atom. The lowest BCUT2D eigenvalue weighted by atomic mass is 9.79. The highest BCUT2D eigenvalue weighted by Crippen LogP contribution is 2.55. The minimum Gasteiger partial charge on any atom is -0.616 e. The molecule has 0 aliphatic carbocycles. The summed E-state index contributed by atoms with van der Waals surface area (Å²) in [5, 5.41) is 9.09. The van der Waals surface area contributed by atoms with E-state index < -0.39 is 88.3 Å². The van der Waals surface area contributed by atoms with Gasteiger partial charge in [0, 0.05) is 19.5 Å². The van der Waals surface area contributed by atoms with Crippen LogP contribution in [-0.4, -0.2) is 75.7 Å². The molecule has 0 spiro atoms. The Labute approximate surface area is 258 Å². The zero-order valence-corrected chi connectivity index (χ0v) is 25.4. The number of imide groups is 1. The summed E-state index contributed by atoms with van der Waals surface area (Å²) in [7, 11) is 0. The molecule has 3 aliphatic rings. The van der Waals surface area contributed by atoms with Crippen LogP contribution in [0.5, 0.6) is 0 Å². The second-order valence-corrected chi connectivity index (χ2v) is 14.0. The Morgan fingerprint density at radius 1 is 0.933 bits per heavy atom. The minimum absolute atomic E-state index is 0.194. The van der Waals surface area contributed by atoms with E-state index in [1.54, 1.807) is 13.8 Å². The van der Waals surface area contributed by atoms with E-state index >= 15 is 0 Å². The molecule has 1 unspecified atom stereocenters. The van der Waals surface area contributed by atoms with Crippen LogP contribution in [0.4, 0.5) is 40.8 Å². The van der Waals surface area contributed by atoms with Gasteiger partial charge in [-0.25, -0.2) is 4.90 Å². The van der Waals surface area contributed by atoms with Gasteiger partial charge in [0.05, 0.1) is 45.9 Å². The van der Waals surface area contributed by atoms with E-state index in [4.69, 9.17) is 10.00 Å². The van der Waals surface area contributed by atoms with Gasteiger partial charge in [0.2, 0.25) is 11.8 Å². The average Bonchev–Trinajstić information content (AvgIpc) is 3.29. The molecule has 3 fully saturated rings. The Balaban J connectivity index is 1.29. The van der Waals surface area contributed by atoms with Crippen LogP contribution >= 0.6 is 0 Å². The molecule has 0 N–H and O–H groups in total. The van der Waals surface area contributed by atoms with Gasteiger partial charge in [0.15, 0.2) is 0 Å². The summed E-state index contributed by atoms with van der Waals surface area (Å²) in [5.41, 5.74) is -4.29. The second-order valence-electron chi connectivity index (χ2n) is 12.3. The zero-order chi connectivity index (χ0) is 33.6. The van der Waals surface area contributed by atoms with E-state index in [0.717, 1.165) is 17.0 Å². The van der Waals surface area contributed by atoms with Crippen molar-refractivity contribution in [2.24, 2.45) is 11.8 Å². The number of benzene rings is 1. The highest BCUT2D eigenvalue weighted by molar-refractivity contribution is 7.91. The first kappa shape index (κ1) is 35.4. The maximum absolute atomic E-state index is 13.6. The molecular weight excluding hydrogens is 638 g/mol. The fourth-order valence-corrected chi connectivity index (χ4v) is 8.03. The first-order valence-corrected chi connectivity index (χ1v) is 15.9. The molecule has 1 aromatic carbocycles. The van der Waals surface area contributed by atoms with Gasteiger partial charge in [-0.05, 0) is 64.3 Å². The van der Waals surface area contributed by atoms with E-state index in [1.165, 1.54) is 6.07 Å². The quantitative estimate of drug-likeness (QED) is 0.120. The molecule has 45 heavy (non-hydrogen) atoms. The molecule has 0 radical (unpaired) electrons. The lowest BCUT2D eigenvalue weighted by molar-refractivity contribution is -0.284.